The Kier molecular flexibility index (Phi) is 3.90. The van der Waals surface area contributed by atoms with Gasteiger partial charge in [0.1, 0.15) is 13.1 Å². The molecule has 5 nitrogen and oxygen atoms in total. The standard InChI is InChI=1S/C9H12N4O/c10-2-5-13(6-3-11)9(14)8-1-4-12-7-8/h8,12H,1,4-7H2. The maximum atomic E-state index is 11.7. The maximum Gasteiger partial charge on any atom is 0.228 e. The Morgan fingerprint density at radius 3 is 2.50 bits per heavy atom. The first-order valence-electron chi connectivity index (χ1n) is 4.53. The molecule has 1 heterocycles. The van der Waals surface area contributed by atoms with E-state index in [4.69, 9.17) is 10.5 Å². The largest absolute Gasteiger partial charge is 0.316 e. The van der Waals surface area contributed by atoms with Crippen LogP contribution in [0.2, 0.25) is 0 Å². The number of hydrogen-bond donors (Lipinski definition) is 1. The third-order valence-corrected chi connectivity index (χ3v) is 2.24. The topological polar surface area (TPSA) is 79.9 Å². The molecular weight excluding hydrogens is 180 g/mol. The van der Waals surface area contributed by atoms with Gasteiger partial charge < -0.3 is 10.2 Å². The Morgan fingerprint density at radius 2 is 2.07 bits per heavy atom. The zero-order chi connectivity index (χ0) is 10.4. The molecule has 1 aliphatic rings. The van der Waals surface area contributed by atoms with Crippen LogP contribution in [0, 0.1) is 28.6 Å². The lowest BCUT2D eigenvalue weighted by Crippen LogP contribution is -2.37. The number of nitriles is 2. The second-order valence-electron chi connectivity index (χ2n) is 3.20. The Morgan fingerprint density at radius 1 is 1.43 bits per heavy atom. The molecule has 0 aromatic carbocycles. The van der Waals surface area contributed by atoms with Crippen molar-refractivity contribution in [3.05, 3.63) is 0 Å². The van der Waals surface area contributed by atoms with Crippen molar-refractivity contribution in [1.82, 2.24) is 10.2 Å². The minimum Gasteiger partial charge on any atom is -0.316 e. The van der Waals surface area contributed by atoms with E-state index in [1.807, 2.05) is 12.1 Å². The average molecular weight is 192 g/mol. The maximum absolute atomic E-state index is 11.7. The van der Waals surface area contributed by atoms with Crippen molar-refractivity contribution in [1.29, 1.82) is 10.5 Å². The number of nitrogens with one attached hydrogen (secondary N) is 1. The summed E-state index contributed by atoms with van der Waals surface area (Å²) in [5.74, 6) is -0.144. The molecule has 14 heavy (non-hydrogen) atoms. The molecule has 74 valence electrons. The summed E-state index contributed by atoms with van der Waals surface area (Å²) in [5.41, 5.74) is 0. The van der Waals surface area contributed by atoms with Gasteiger partial charge in [0, 0.05) is 6.54 Å². The highest BCUT2D eigenvalue weighted by molar-refractivity contribution is 5.79. The first-order chi connectivity index (χ1) is 6.79. The predicted octanol–water partition coefficient (Wildman–Crippen LogP) is -0.528. The molecule has 1 saturated heterocycles. The number of carbonyl (C=O) groups is 1. The molecule has 5 heteroatoms. The van der Waals surface area contributed by atoms with Crippen LogP contribution < -0.4 is 5.32 Å². The predicted molar refractivity (Wildman–Crippen MR) is 48.8 cm³/mol. The van der Waals surface area contributed by atoms with Crippen molar-refractivity contribution in [2.75, 3.05) is 26.2 Å². The zero-order valence-corrected chi connectivity index (χ0v) is 7.86. The summed E-state index contributed by atoms with van der Waals surface area (Å²) >= 11 is 0. The molecular formula is C9H12N4O. The summed E-state index contributed by atoms with van der Waals surface area (Å²) in [4.78, 5) is 13.0. The summed E-state index contributed by atoms with van der Waals surface area (Å²) in [6.45, 7) is 1.50. The quantitative estimate of drug-likeness (QED) is 0.610. The molecule has 0 radical (unpaired) electrons. The molecule has 0 saturated carbocycles. The minimum atomic E-state index is -0.0851. The molecule has 1 N–H and O–H groups in total. The SMILES string of the molecule is N#CCN(CC#N)C(=O)C1CCNC1. The lowest BCUT2D eigenvalue weighted by Gasteiger charge is -2.19. The summed E-state index contributed by atoms with van der Waals surface area (Å²) in [6, 6.07) is 3.78. The van der Waals surface area contributed by atoms with Crippen LogP contribution in [0.15, 0.2) is 0 Å². The second-order valence-corrected chi connectivity index (χ2v) is 3.20. The van der Waals surface area contributed by atoms with Gasteiger partial charge >= 0.3 is 0 Å². The van der Waals surface area contributed by atoms with E-state index >= 15 is 0 Å². The summed E-state index contributed by atoms with van der Waals surface area (Å²) in [5, 5.41) is 20.1. The third kappa shape index (κ3) is 2.45. The molecule has 1 unspecified atom stereocenters. The zero-order valence-electron chi connectivity index (χ0n) is 7.86. The molecule has 0 aromatic rings. The van der Waals surface area contributed by atoms with E-state index in [1.165, 1.54) is 4.90 Å². The van der Waals surface area contributed by atoms with Crippen molar-refractivity contribution in [3.8, 4) is 12.1 Å². The van der Waals surface area contributed by atoms with Crippen LogP contribution in [0.1, 0.15) is 6.42 Å². The van der Waals surface area contributed by atoms with E-state index in [2.05, 4.69) is 5.32 Å². The van der Waals surface area contributed by atoms with Crippen LogP contribution in [0.5, 0.6) is 0 Å². The van der Waals surface area contributed by atoms with Crippen molar-refractivity contribution >= 4 is 5.91 Å². The third-order valence-electron chi connectivity index (χ3n) is 2.24. The molecule has 1 aliphatic heterocycles. The van der Waals surface area contributed by atoms with Crippen LogP contribution in [0.25, 0.3) is 0 Å². The van der Waals surface area contributed by atoms with Gasteiger partial charge in [-0.3, -0.25) is 4.79 Å². The molecule has 0 spiro atoms. The van der Waals surface area contributed by atoms with E-state index in [1.54, 1.807) is 0 Å². The lowest BCUT2D eigenvalue weighted by atomic mass is 10.1. The Bertz CT molecular complexity index is 266. The second kappa shape index (κ2) is 5.21. The van der Waals surface area contributed by atoms with E-state index in [0.717, 1.165) is 13.0 Å². The average Bonchev–Trinajstić information content (AvgIpc) is 2.69. The van der Waals surface area contributed by atoms with Gasteiger partial charge in [-0.1, -0.05) is 0 Å². The fraction of sp³-hybridized carbons (Fsp3) is 0.667. The number of amides is 1. The first kappa shape index (κ1) is 10.5. The minimum absolute atomic E-state index is 0.00287. The van der Waals surface area contributed by atoms with Crippen LogP contribution in [0.4, 0.5) is 0 Å². The molecule has 1 amide bonds. The van der Waals surface area contributed by atoms with Gasteiger partial charge in [-0.2, -0.15) is 10.5 Å². The van der Waals surface area contributed by atoms with Crippen molar-refractivity contribution in [2.45, 2.75) is 6.42 Å². The van der Waals surface area contributed by atoms with E-state index in [-0.39, 0.29) is 24.9 Å². The fourth-order valence-electron chi connectivity index (χ4n) is 1.51. The smallest absolute Gasteiger partial charge is 0.228 e. The van der Waals surface area contributed by atoms with Gasteiger partial charge in [-0.05, 0) is 13.0 Å². The monoisotopic (exact) mass is 192 g/mol. The van der Waals surface area contributed by atoms with Gasteiger partial charge in [-0.15, -0.1) is 0 Å². The number of rotatable bonds is 3. The summed E-state index contributed by atoms with van der Waals surface area (Å²) in [7, 11) is 0. The Hall–Kier alpha value is -1.59. The Labute approximate surface area is 82.9 Å². The summed E-state index contributed by atoms with van der Waals surface area (Å²) < 4.78 is 0. The molecule has 0 aliphatic carbocycles. The first-order valence-corrected chi connectivity index (χ1v) is 4.53. The van der Waals surface area contributed by atoms with E-state index < -0.39 is 0 Å². The highest BCUT2D eigenvalue weighted by Crippen LogP contribution is 2.11. The highest BCUT2D eigenvalue weighted by atomic mass is 16.2. The molecule has 1 fully saturated rings. The van der Waals surface area contributed by atoms with Gasteiger partial charge in [0.05, 0.1) is 18.1 Å². The van der Waals surface area contributed by atoms with Crippen LogP contribution in [0.3, 0.4) is 0 Å². The van der Waals surface area contributed by atoms with E-state index in [9.17, 15) is 4.79 Å². The Balaban J connectivity index is 2.54. The van der Waals surface area contributed by atoms with Gasteiger partial charge in [0.25, 0.3) is 0 Å². The summed E-state index contributed by atoms with van der Waals surface area (Å²) in [6.07, 6.45) is 0.798. The van der Waals surface area contributed by atoms with E-state index in [0.29, 0.717) is 6.54 Å². The van der Waals surface area contributed by atoms with Crippen molar-refractivity contribution in [3.63, 3.8) is 0 Å². The van der Waals surface area contributed by atoms with Crippen molar-refractivity contribution in [2.24, 2.45) is 5.92 Å². The fourth-order valence-corrected chi connectivity index (χ4v) is 1.51. The lowest BCUT2D eigenvalue weighted by molar-refractivity contribution is -0.133. The molecule has 0 aromatic heterocycles. The van der Waals surface area contributed by atoms with Gasteiger partial charge in [0.15, 0.2) is 0 Å². The number of hydrogen-bond acceptors (Lipinski definition) is 4. The van der Waals surface area contributed by atoms with Crippen LogP contribution >= 0.6 is 0 Å². The molecule has 1 atom stereocenters. The van der Waals surface area contributed by atoms with Crippen LogP contribution in [-0.2, 0) is 4.79 Å². The molecule has 1 rings (SSSR count). The number of nitrogens with zero attached hydrogens (tertiary/aromatic N) is 3. The van der Waals surface area contributed by atoms with Gasteiger partial charge in [-0.25, -0.2) is 0 Å². The van der Waals surface area contributed by atoms with Crippen molar-refractivity contribution < 1.29 is 4.79 Å². The highest BCUT2D eigenvalue weighted by Gasteiger charge is 2.26. The number of carbonyl (C=O) groups excluding carboxylic acids is 1. The van der Waals surface area contributed by atoms with Crippen LogP contribution in [-0.4, -0.2) is 37.0 Å². The normalized spacial score (nSPS) is 19.7. The molecule has 0 bridgehead atoms. The van der Waals surface area contributed by atoms with Gasteiger partial charge in [0.2, 0.25) is 5.91 Å².